The van der Waals surface area contributed by atoms with Crippen molar-refractivity contribution < 1.29 is 0 Å². The van der Waals surface area contributed by atoms with Crippen molar-refractivity contribution in [2.75, 3.05) is 50.7 Å². The van der Waals surface area contributed by atoms with Crippen LogP contribution in [0.2, 0.25) is 0 Å². The number of hydrogen-bond donors (Lipinski definition) is 1. The molecule has 1 aromatic heterocycles. The summed E-state index contributed by atoms with van der Waals surface area (Å²) in [6.07, 6.45) is 1.88. The summed E-state index contributed by atoms with van der Waals surface area (Å²) in [5, 5.41) is 3.34. The van der Waals surface area contributed by atoms with Crippen molar-refractivity contribution in [3.8, 4) is 0 Å². The van der Waals surface area contributed by atoms with Gasteiger partial charge < -0.3 is 10.2 Å². The van der Waals surface area contributed by atoms with Gasteiger partial charge >= 0.3 is 0 Å². The average molecular weight is 292 g/mol. The first-order valence-corrected chi connectivity index (χ1v) is 8.51. The molecule has 4 heteroatoms. The molecule has 0 radical (unpaired) electrons. The zero-order chi connectivity index (χ0) is 15.5. The van der Waals surface area contributed by atoms with E-state index in [1.165, 1.54) is 32.7 Å². The Morgan fingerprint density at radius 2 is 1.71 bits per heavy atom. The van der Waals surface area contributed by atoms with Crippen LogP contribution in [-0.2, 0) is 0 Å². The van der Waals surface area contributed by atoms with Gasteiger partial charge in [-0.25, -0.2) is 4.98 Å². The van der Waals surface area contributed by atoms with E-state index >= 15 is 0 Å². The van der Waals surface area contributed by atoms with E-state index in [4.69, 9.17) is 0 Å². The lowest BCUT2D eigenvalue weighted by atomic mass is 10.0. The Balaban J connectivity index is 0.000000510. The number of hydrogen-bond acceptors (Lipinski definition) is 4. The number of pyridine rings is 1. The second-order valence-electron chi connectivity index (χ2n) is 5.00. The molecule has 1 aromatic rings. The van der Waals surface area contributed by atoms with Gasteiger partial charge in [0.15, 0.2) is 0 Å². The topological polar surface area (TPSA) is 31.4 Å². The van der Waals surface area contributed by atoms with Crippen molar-refractivity contribution in [3.63, 3.8) is 0 Å². The van der Waals surface area contributed by atoms with E-state index < -0.39 is 0 Å². The Morgan fingerprint density at radius 1 is 1.05 bits per heavy atom. The molecule has 1 N–H and O–H groups in total. The van der Waals surface area contributed by atoms with Crippen molar-refractivity contribution in [2.45, 2.75) is 27.7 Å². The van der Waals surface area contributed by atoms with Crippen molar-refractivity contribution in [3.05, 3.63) is 24.4 Å². The Kier molecular flexibility index (Phi) is 9.02. The van der Waals surface area contributed by atoms with Crippen LogP contribution in [0.25, 0.3) is 0 Å². The van der Waals surface area contributed by atoms with Gasteiger partial charge in [-0.2, -0.15) is 0 Å². The third-order valence-corrected chi connectivity index (χ3v) is 3.73. The summed E-state index contributed by atoms with van der Waals surface area (Å²) < 4.78 is 0. The zero-order valence-electron chi connectivity index (χ0n) is 14.2. The Hall–Kier alpha value is -1.13. The lowest BCUT2D eigenvalue weighted by Crippen LogP contribution is -2.53. The zero-order valence-corrected chi connectivity index (χ0v) is 14.2. The lowest BCUT2D eigenvalue weighted by molar-refractivity contribution is 0.184. The minimum atomic E-state index is 0.886. The van der Waals surface area contributed by atoms with E-state index in [0.29, 0.717) is 0 Å². The van der Waals surface area contributed by atoms with Crippen molar-refractivity contribution in [2.24, 2.45) is 5.92 Å². The van der Waals surface area contributed by atoms with E-state index in [-0.39, 0.29) is 0 Å². The van der Waals surface area contributed by atoms with Crippen LogP contribution in [0.15, 0.2) is 24.4 Å². The van der Waals surface area contributed by atoms with Crippen molar-refractivity contribution in [1.82, 2.24) is 15.2 Å². The summed E-state index contributed by atoms with van der Waals surface area (Å²) in [5.41, 5.74) is 0. The highest BCUT2D eigenvalue weighted by atomic mass is 15.3. The SMILES string of the molecule is CC.CC.c1ccc(N2CCN(CC3CNC3)CC2)nc1. The molecule has 4 nitrogen and oxygen atoms in total. The molecule has 2 saturated heterocycles. The van der Waals surface area contributed by atoms with Crippen LogP contribution in [0.4, 0.5) is 5.82 Å². The molecule has 3 rings (SSSR count). The fourth-order valence-electron chi connectivity index (χ4n) is 2.54. The molecule has 2 aliphatic rings. The molecule has 120 valence electrons. The van der Waals surface area contributed by atoms with Gasteiger partial charge in [-0.3, -0.25) is 4.90 Å². The molecular weight excluding hydrogens is 260 g/mol. The molecule has 2 aliphatic heterocycles. The first kappa shape index (κ1) is 17.9. The fraction of sp³-hybridized carbons (Fsp3) is 0.706. The summed E-state index contributed by atoms with van der Waals surface area (Å²) >= 11 is 0. The first-order chi connectivity index (χ1) is 10.4. The number of piperazine rings is 1. The number of aromatic nitrogens is 1. The van der Waals surface area contributed by atoms with E-state index in [2.05, 4.69) is 32.2 Å². The van der Waals surface area contributed by atoms with Gasteiger partial charge in [0.1, 0.15) is 5.82 Å². The van der Waals surface area contributed by atoms with Crippen LogP contribution < -0.4 is 10.2 Å². The molecule has 0 bridgehead atoms. The van der Waals surface area contributed by atoms with Gasteiger partial charge in [-0.05, 0) is 18.1 Å². The lowest BCUT2D eigenvalue weighted by Gasteiger charge is -2.39. The highest BCUT2D eigenvalue weighted by Gasteiger charge is 2.23. The summed E-state index contributed by atoms with van der Waals surface area (Å²) in [4.78, 5) is 9.39. The van der Waals surface area contributed by atoms with Gasteiger partial charge in [-0.15, -0.1) is 0 Å². The smallest absolute Gasteiger partial charge is 0.128 e. The minimum absolute atomic E-state index is 0.886. The second kappa shape index (κ2) is 10.6. The van der Waals surface area contributed by atoms with Crippen LogP contribution in [0.3, 0.4) is 0 Å². The Labute approximate surface area is 130 Å². The summed E-state index contributed by atoms with van der Waals surface area (Å²) in [6.45, 7) is 16.2. The highest BCUT2D eigenvalue weighted by Crippen LogP contribution is 2.14. The number of rotatable bonds is 3. The van der Waals surface area contributed by atoms with Crippen LogP contribution in [-0.4, -0.2) is 55.7 Å². The summed E-state index contributed by atoms with van der Waals surface area (Å²) in [5.74, 6) is 2.01. The quantitative estimate of drug-likeness (QED) is 0.927. The molecule has 0 spiro atoms. The molecule has 21 heavy (non-hydrogen) atoms. The average Bonchev–Trinajstić information content (AvgIpc) is 2.56. The molecule has 2 fully saturated rings. The molecule has 0 atom stereocenters. The maximum Gasteiger partial charge on any atom is 0.128 e. The summed E-state index contributed by atoms with van der Waals surface area (Å²) in [6, 6.07) is 6.14. The third kappa shape index (κ3) is 5.64. The molecule has 0 aliphatic carbocycles. The van der Waals surface area contributed by atoms with E-state index in [0.717, 1.165) is 24.8 Å². The van der Waals surface area contributed by atoms with Crippen LogP contribution in [0.5, 0.6) is 0 Å². The third-order valence-electron chi connectivity index (χ3n) is 3.73. The number of nitrogens with zero attached hydrogens (tertiary/aromatic N) is 3. The van der Waals surface area contributed by atoms with Gasteiger partial charge in [-0.1, -0.05) is 33.8 Å². The molecular formula is C17H32N4. The standard InChI is InChI=1S/C13H20N4.2C2H6/c1-2-4-15-13(3-1)17-7-5-16(6-8-17)11-12-9-14-10-12;2*1-2/h1-4,12,14H,5-11H2;2*1-2H3. The van der Waals surface area contributed by atoms with Crippen LogP contribution in [0, 0.1) is 5.92 Å². The number of nitrogens with one attached hydrogen (secondary N) is 1. The summed E-state index contributed by atoms with van der Waals surface area (Å²) in [7, 11) is 0. The number of anilines is 1. The second-order valence-corrected chi connectivity index (χ2v) is 5.00. The van der Waals surface area contributed by atoms with Crippen molar-refractivity contribution in [1.29, 1.82) is 0 Å². The van der Waals surface area contributed by atoms with E-state index in [1.807, 2.05) is 40.0 Å². The Morgan fingerprint density at radius 3 is 2.19 bits per heavy atom. The monoisotopic (exact) mass is 292 g/mol. The predicted molar refractivity (Wildman–Crippen MR) is 91.9 cm³/mol. The van der Waals surface area contributed by atoms with Gasteiger partial charge in [0.2, 0.25) is 0 Å². The van der Waals surface area contributed by atoms with Gasteiger partial charge in [0.25, 0.3) is 0 Å². The minimum Gasteiger partial charge on any atom is -0.354 e. The Bertz CT molecular complexity index is 343. The van der Waals surface area contributed by atoms with Crippen molar-refractivity contribution >= 4 is 5.82 Å². The maximum absolute atomic E-state index is 4.41. The van der Waals surface area contributed by atoms with E-state index in [1.54, 1.807) is 0 Å². The highest BCUT2D eigenvalue weighted by molar-refractivity contribution is 5.38. The normalized spacial score (nSPS) is 18.8. The molecule has 0 aromatic carbocycles. The first-order valence-electron chi connectivity index (χ1n) is 8.51. The van der Waals surface area contributed by atoms with Crippen LogP contribution in [0.1, 0.15) is 27.7 Å². The fourth-order valence-corrected chi connectivity index (χ4v) is 2.54. The molecule has 0 amide bonds. The largest absolute Gasteiger partial charge is 0.354 e. The molecule has 0 saturated carbocycles. The predicted octanol–water partition coefficient (Wildman–Crippen LogP) is 2.48. The van der Waals surface area contributed by atoms with Gasteiger partial charge in [0.05, 0.1) is 0 Å². The van der Waals surface area contributed by atoms with Gasteiger partial charge in [0, 0.05) is 52.0 Å². The molecule has 0 unspecified atom stereocenters. The molecule has 3 heterocycles. The maximum atomic E-state index is 4.41. The van der Waals surface area contributed by atoms with E-state index in [9.17, 15) is 0 Å². The van der Waals surface area contributed by atoms with Crippen LogP contribution >= 0.6 is 0 Å².